The highest BCUT2D eigenvalue weighted by Crippen LogP contribution is 2.22. The average molecular weight is 463 g/mol. The molecule has 34 heavy (non-hydrogen) atoms. The topological polar surface area (TPSA) is 69.0 Å². The molecule has 0 spiro atoms. The van der Waals surface area contributed by atoms with Gasteiger partial charge in [-0.3, -0.25) is 9.69 Å². The van der Waals surface area contributed by atoms with Gasteiger partial charge >= 0.3 is 5.91 Å². The lowest BCUT2D eigenvalue weighted by atomic mass is 10.2. The second kappa shape index (κ2) is 10.1. The van der Waals surface area contributed by atoms with E-state index in [9.17, 15) is 4.79 Å². The lowest BCUT2D eigenvalue weighted by Crippen LogP contribution is -3.13. The van der Waals surface area contributed by atoms with Crippen molar-refractivity contribution in [1.29, 1.82) is 0 Å². The first-order valence-corrected chi connectivity index (χ1v) is 12.6. The lowest BCUT2D eigenvalue weighted by molar-refractivity contribution is -0.837. The van der Waals surface area contributed by atoms with Crippen LogP contribution in [0.3, 0.4) is 0 Å². The van der Waals surface area contributed by atoms with Crippen LogP contribution in [0.15, 0.2) is 53.9 Å². The van der Waals surface area contributed by atoms with E-state index in [0.29, 0.717) is 12.5 Å². The molecule has 4 heterocycles. The minimum Gasteiger partial charge on any atom is -0.356 e. The van der Waals surface area contributed by atoms with Crippen LogP contribution in [0.1, 0.15) is 39.0 Å². The normalized spacial score (nSPS) is 24.1. The van der Waals surface area contributed by atoms with E-state index in [0.717, 1.165) is 60.4 Å². The summed E-state index contributed by atoms with van der Waals surface area (Å²) in [7, 11) is 2.04. The Morgan fingerprint density at radius 1 is 1.06 bits per heavy atom. The molecule has 2 saturated heterocycles. The van der Waals surface area contributed by atoms with Gasteiger partial charge < -0.3 is 10.2 Å². The van der Waals surface area contributed by atoms with Crippen molar-refractivity contribution in [3.8, 4) is 0 Å². The van der Waals surface area contributed by atoms with E-state index >= 15 is 0 Å². The minimum atomic E-state index is 0.103. The van der Waals surface area contributed by atoms with Gasteiger partial charge in [-0.05, 0) is 37.5 Å². The summed E-state index contributed by atoms with van der Waals surface area (Å²) in [6.07, 6.45) is 7.97. The fourth-order valence-electron chi connectivity index (χ4n) is 5.30. The van der Waals surface area contributed by atoms with Crippen LogP contribution in [-0.2, 0) is 4.79 Å². The Morgan fingerprint density at radius 2 is 1.82 bits per heavy atom. The van der Waals surface area contributed by atoms with Crippen molar-refractivity contribution in [2.24, 2.45) is 0 Å². The Bertz CT molecular complexity index is 1030. The Kier molecular flexibility index (Phi) is 6.78. The molecule has 2 fully saturated rings. The van der Waals surface area contributed by atoms with Crippen molar-refractivity contribution in [3.05, 3.63) is 53.9 Å². The predicted molar refractivity (Wildman–Crippen MR) is 135 cm³/mol. The third kappa shape index (κ3) is 4.79. The van der Waals surface area contributed by atoms with Crippen LogP contribution in [-0.4, -0.2) is 66.6 Å². The molecule has 3 aliphatic rings. The highest BCUT2D eigenvalue weighted by molar-refractivity contribution is 6.06. The number of rotatable bonds is 6. The summed E-state index contributed by atoms with van der Waals surface area (Å²) in [5.41, 5.74) is 2.93. The Hall–Kier alpha value is -2.97. The third-order valence-corrected chi connectivity index (χ3v) is 7.36. The van der Waals surface area contributed by atoms with Crippen molar-refractivity contribution >= 4 is 23.4 Å². The van der Waals surface area contributed by atoms with E-state index in [4.69, 9.17) is 4.98 Å². The zero-order chi connectivity index (χ0) is 23.5. The van der Waals surface area contributed by atoms with Crippen LogP contribution >= 0.6 is 0 Å². The molecule has 2 aromatic rings. The lowest BCUT2D eigenvalue weighted by Gasteiger charge is -2.22. The third-order valence-electron chi connectivity index (χ3n) is 7.36. The molecule has 1 aromatic heterocycles. The molecule has 0 radical (unpaired) electrons. The van der Waals surface area contributed by atoms with E-state index in [2.05, 4.69) is 27.0 Å². The molecule has 2 atom stereocenters. The molecular formula is C26H36N7O+. The summed E-state index contributed by atoms with van der Waals surface area (Å²) in [4.78, 5) is 27.3. The number of likely N-dealkylation sites (tertiary alicyclic amines) is 1. The van der Waals surface area contributed by atoms with Crippen LogP contribution in [0.2, 0.25) is 0 Å². The van der Waals surface area contributed by atoms with Gasteiger partial charge in [-0.15, -0.1) is 5.01 Å². The van der Waals surface area contributed by atoms with Crippen molar-refractivity contribution < 1.29 is 9.80 Å². The number of anilines is 3. The van der Waals surface area contributed by atoms with Gasteiger partial charge in [0, 0.05) is 51.9 Å². The Morgan fingerprint density at radius 3 is 2.59 bits per heavy atom. The monoisotopic (exact) mass is 462 g/mol. The number of para-hydroxylation sites is 1. The number of quaternary nitrogens is 1. The van der Waals surface area contributed by atoms with Gasteiger partial charge in [0.15, 0.2) is 0 Å². The quantitative estimate of drug-likeness (QED) is 0.685. The number of hydrogen-bond donors (Lipinski definition) is 2. The summed E-state index contributed by atoms with van der Waals surface area (Å²) in [6, 6.07) is 12.2. The van der Waals surface area contributed by atoms with Gasteiger partial charge in [0.05, 0.1) is 18.3 Å². The number of aromatic nitrogens is 2. The maximum Gasteiger partial charge on any atom is 0.307 e. The second-order valence-electron chi connectivity index (χ2n) is 9.67. The summed E-state index contributed by atoms with van der Waals surface area (Å²) in [5.74, 6) is 1.84. The molecule has 180 valence electrons. The summed E-state index contributed by atoms with van der Waals surface area (Å²) < 4.78 is 0. The van der Waals surface area contributed by atoms with Crippen molar-refractivity contribution in [1.82, 2.24) is 14.9 Å². The highest BCUT2D eigenvalue weighted by Gasteiger charge is 2.40. The molecule has 0 aliphatic carbocycles. The largest absolute Gasteiger partial charge is 0.356 e. The standard InChI is InChI=1S/C26H35N7O/c1-20-23(25(34)33(30(20)2)22-10-6-5-7-11-22)19-31-17-13-21(18-31)28-26-27-14-12-24(29-26)32-15-8-3-4-9-16-32/h5-7,10-12,14,21H,3-4,8-9,13,15-19H2,1-2H3,(H,27,28,29)/p+1. The van der Waals surface area contributed by atoms with Gasteiger partial charge in [-0.1, -0.05) is 31.0 Å². The molecular weight excluding hydrogens is 426 g/mol. The fourth-order valence-corrected chi connectivity index (χ4v) is 5.30. The molecule has 0 saturated carbocycles. The SMILES string of the molecule is CC1=C(CN2CCC(Nc3nccc(N4CCCCCC4)n3)C2)C(=O)N(c2ccccc2)[NH+]1C. The van der Waals surface area contributed by atoms with Gasteiger partial charge in [-0.25, -0.2) is 4.98 Å². The summed E-state index contributed by atoms with van der Waals surface area (Å²) in [6.45, 7) is 6.74. The molecule has 8 nitrogen and oxygen atoms in total. The molecule has 1 amide bonds. The maximum absolute atomic E-state index is 13.3. The molecule has 3 aliphatic heterocycles. The van der Waals surface area contributed by atoms with Gasteiger partial charge in [0.25, 0.3) is 0 Å². The van der Waals surface area contributed by atoms with Crippen molar-refractivity contribution in [2.45, 2.75) is 45.1 Å². The second-order valence-corrected chi connectivity index (χ2v) is 9.67. The summed E-state index contributed by atoms with van der Waals surface area (Å²) in [5, 5.41) is 6.42. The molecule has 8 heteroatoms. The zero-order valence-electron chi connectivity index (χ0n) is 20.3. The van der Waals surface area contributed by atoms with E-state index in [-0.39, 0.29) is 11.9 Å². The van der Waals surface area contributed by atoms with Crippen LogP contribution in [0.5, 0.6) is 0 Å². The number of nitrogens with one attached hydrogen (secondary N) is 2. The van der Waals surface area contributed by atoms with Gasteiger partial charge in [0.2, 0.25) is 5.95 Å². The number of benzene rings is 1. The van der Waals surface area contributed by atoms with Crippen LogP contribution in [0.25, 0.3) is 0 Å². The van der Waals surface area contributed by atoms with Crippen LogP contribution in [0, 0.1) is 0 Å². The number of amides is 1. The molecule has 0 bridgehead atoms. The Labute approximate surface area is 202 Å². The maximum atomic E-state index is 13.3. The fraction of sp³-hybridized carbons (Fsp3) is 0.500. The Balaban J connectivity index is 1.20. The predicted octanol–water partition coefficient (Wildman–Crippen LogP) is 2.09. The highest BCUT2D eigenvalue weighted by atomic mass is 16.2. The van der Waals surface area contributed by atoms with Crippen molar-refractivity contribution in [2.75, 3.05) is 55.0 Å². The first-order valence-electron chi connectivity index (χ1n) is 12.6. The first-order chi connectivity index (χ1) is 16.6. The van der Waals surface area contributed by atoms with E-state index in [1.54, 1.807) is 0 Å². The number of allylic oxidation sites excluding steroid dienone is 1. The number of carbonyl (C=O) groups is 1. The summed E-state index contributed by atoms with van der Waals surface area (Å²) >= 11 is 0. The average Bonchev–Trinajstić information content (AvgIpc) is 3.22. The number of hydrogen-bond acceptors (Lipinski definition) is 6. The van der Waals surface area contributed by atoms with E-state index in [1.165, 1.54) is 25.7 Å². The van der Waals surface area contributed by atoms with Gasteiger partial charge in [0.1, 0.15) is 11.5 Å². The first kappa shape index (κ1) is 22.8. The molecule has 2 N–H and O–H groups in total. The van der Waals surface area contributed by atoms with Gasteiger partial charge in [-0.2, -0.15) is 9.99 Å². The molecule has 2 unspecified atom stereocenters. The van der Waals surface area contributed by atoms with E-state index < -0.39 is 0 Å². The van der Waals surface area contributed by atoms with E-state index in [1.807, 2.05) is 54.7 Å². The van der Waals surface area contributed by atoms with Crippen molar-refractivity contribution in [3.63, 3.8) is 0 Å². The molecule has 1 aromatic carbocycles. The van der Waals surface area contributed by atoms with Crippen LogP contribution in [0.4, 0.5) is 17.5 Å². The number of nitrogens with zero attached hydrogens (tertiary/aromatic N) is 5. The molecule has 5 rings (SSSR count). The smallest absolute Gasteiger partial charge is 0.307 e. The van der Waals surface area contributed by atoms with Crippen LogP contribution < -0.4 is 20.2 Å². The zero-order valence-corrected chi connectivity index (χ0v) is 20.3. The minimum absolute atomic E-state index is 0.103. The number of carbonyl (C=O) groups excluding carboxylic acids is 1.